The molecule has 1 aromatic heterocycles. The summed E-state index contributed by atoms with van der Waals surface area (Å²) in [6.07, 6.45) is 3.74. The molecule has 1 aliphatic carbocycles. The number of aliphatic imine (C=N–C) groups is 1. The fraction of sp³-hybridized carbons (Fsp3) is 0.444. The van der Waals surface area contributed by atoms with E-state index in [2.05, 4.69) is 16.5 Å². The number of amidine groups is 1. The van der Waals surface area contributed by atoms with Crippen molar-refractivity contribution in [1.29, 1.82) is 0 Å². The smallest absolute Gasteiger partial charge is 0.152 e. The molecule has 1 aliphatic rings. The van der Waals surface area contributed by atoms with Gasteiger partial charge in [-0.25, -0.2) is 5.84 Å². The van der Waals surface area contributed by atoms with Crippen LogP contribution in [0.15, 0.2) is 11.1 Å². The van der Waals surface area contributed by atoms with E-state index in [0.717, 1.165) is 10.7 Å². The first kappa shape index (κ1) is 8.72. The van der Waals surface area contributed by atoms with E-state index in [1.54, 1.807) is 18.4 Å². The van der Waals surface area contributed by atoms with Gasteiger partial charge in [-0.1, -0.05) is 0 Å². The van der Waals surface area contributed by atoms with Crippen LogP contribution in [-0.4, -0.2) is 12.9 Å². The second-order valence-electron chi connectivity index (χ2n) is 3.13. The number of nitrogens with one attached hydrogen (secondary N) is 1. The maximum absolute atomic E-state index is 5.36. The van der Waals surface area contributed by atoms with Gasteiger partial charge >= 0.3 is 0 Å². The highest BCUT2D eigenvalue weighted by Gasteiger charge is 2.16. The van der Waals surface area contributed by atoms with E-state index in [1.165, 1.54) is 29.7 Å². The lowest BCUT2D eigenvalue weighted by molar-refractivity contribution is 0.914. The molecule has 0 saturated heterocycles. The Balaban J connectivity index is 2.32. The monoisotopic (exact) mass is 195 g/mol. The lowest BCUT2D eigenvalue weighted by Crippen LogP contribution is -2.30. The van der Waals surface area contributed by atoms with Crippen molar-refractivity contribution in [3.8, 4) is 0 Å². The Kier molecular flexibility index (Phi) is 2.33. The molecule has 0 radical (unpaired) electrons. The number of thiophene rings is 1. The van der Waals surface area contributed by atoms with Crippen LogP contribution in [0, 0.1) is 0 Å². The van der Waals surface area contributed by atoms with Crippen molar-refractivity contribution in [2.75, 3.05) is 7.05 Å². The van der Waals surface area contributed by atoms with Crippen molar-refractivity contribution in [1.82, 2.24) is 5.43 Å². The Bertz CT molecular complexity index is 319. The molecule has 0 aromatic carbocycles. The SMILES string of the molecule is CN=C(NN)c1cc2c(s1)CCC2. The lowest BCUT2D eigenvalue weighted by atomic mass is 10.2. The van der Waals surface area contributed by atoms with E-state index in [-0.39, 0.29) is 0 Å². The number of hydrogen-bond donors (Lipinski definition) is 2. The van der Waals surface area contributed by atoms with Gasteiger partial charge in [0.05, 0.1) is 4.88 Å². The molecule has 0 aliphatic heterocycles. The Hall–Kier alpha value is -0.870. The third kappa shape index (κ3) is 1.47. The normalized spacial score (nSPS) is 16.0. The lowest BCUT2D eigenvalue weighted by Gasteiger charge is -1.99. The topological polar surface area (TPSA) is 50.4 Å². The summed E-state index contributed by atoms with van der Waals surface area (Å²) in [5, 5.41) is 0. The fourth-order valence-corrected chi connectivity index (χ4v) is 2.94. The minimum absolute atomic E-state index is 0.791. The third-order valence-electron chi connectivity index (χ3n) is 2.34. The highest BCUT2D eigenvalue weighted by Crippen LogP contribution is 2.30. The molecule has 0 unspecified atom stereocenters. The zero-order valence-corrected chi connectivity index (χ0v) is 8.45. The van der Waals surface area contributed by atoms with Gasteiger partial charge < -0.3 is 5.43 Å². The van der Waals surface area contributed by atoms with Gasteiger partial charge in [0, 0.05) is 11.9 Å². The Morgan fingerprint density at radius 3 is 3.08 bits per heavy atom. The molecule has 13 heavy (non-hydrogen) atoms. The molecular formula is C9H13N3S. The van der Waals surface area contributed by atoms with Crippen molar-refractivity contribution < 1.29 is 0 Å². The van der Waals surface area contributed by atoms with Gasteiger partial charge in [0.15, 0.2) is 5.84 Å². The van der Waals surface area contributed by atoms with E-state index < -0.39 is 0 Å². The minimum atomic E-state index is 0.791. The fourth-order valence-electron chi connectivity index (χ4n) is 1.69. The van der Waals surface area contributed by atoms with Crippen LogP contribution in [-0.2, 0) is 12.8 Å². The second-order valence-corrected chi connectivity index (χ2v) is 4.27. The van der Waals surface area contributed by atoms with Crippen molar-refractivity contribution in [3.05, 3.63) is 21.4 Å². The van der Waals surface area contributed by atoms with Gasteiger partial charge in [0.2, 0.25) is 0 Å². The summed E-state index contributed by atoms with van der Waals surface area (Å²) in [4.78, 5) is 6.75. The maximum atomic E-state index is 5.36. The van der Waals surface area contributed by atoms with Crippen LogP contribution in [0.25, 0.3) is 0 Å². The molecule has 0 amide bonds. The van der Waals surface area contributed by atoms with Crippen LogP contribution in [0.4, 0.5) is 0 Å². The number of rotatable bonds is 1. The summed E-state index contributed by atoms with van der Waals surface area (Å²) < 4.78 is 0. The minimum Gasteiger partial charge on any atom is -0.308 e. The molecule has 0 bridgehead atoms. The highest BCUT2D eigenvalue weighted by molar-refractivity contribution is 7.14. The molecule has 1 heterocycles. The molecule has 0 saturated carbocycles. The summed E-state index contributed by atoms with van der Waals surface area (Å²) in [7, 11) is 1.75. The van der Waals surface area contributed by atoms with Crippen LogP contribution in [0.1, 0.15) is 21.7 Å². The van der Waals surface area contributed by atoms with E-state index in [1.807, 2.05) is 0 Å². The summed E-state index contributed by atoms with van der Waals surface area (Å²) in [5.41, 5.74) is 4.10. The molecule has 70 valence electrons. The standard InChI is InChI=1S/C9H13N3S/c1-11-9(12-10)8-5-6-3-2-4-7(6)13-8/h5H,2-4,10H2,1H3,(H,11,12). The van der Waals surface area contributed by atoms with Crippen LogP contribution in [0.2, 0.25) is 0 Å². The average molecular weight is 195 g/mol. The van der Waals surface area contributed by atoms with Crippen LogP contribution in [0.5, 0.6) is 0 Å². The molecule has 1 aromatic rings. The predicted molar refractivity (Wildman–Crippen MR) is 56.1 cm³/mol. The third-order valence-corrected chi connectivity index (χ3v) is 3.58. The van der Waals surface area contributed by atoms with E-state index in [9.17, 15) is 0 Å². The number of fused-ring (bicyclic) bond motifs is 1. The van der Waals surface area contributed by atoms with Crippen molar-refractivity contribution in [3.63, 3.8) is 0 Å². The first-order valence-corrected chi connectivity index (χ1v) is 5.22. The van der Waals surface area contributed by atoms with Crippen LogP contribution >= 0.6 is 11.3 Å². The summed E-state index contributed by atoms with van der Waals surface area (Å²) in [6, 6.07) is 2.20. The van der Waals surface area contributed by atoms with E-state index >= 15 is 0 Å². The van der Waals surface area contributed by atoms with Gasteiger partial charge in [-0.3, -0.25) is 4.99 Å². The largest absolute Gasteiger partial charge is 0.308 e. The van der Waals surface area contributed by atoms with Crippen LogP contribution < -0.4 is 11.3 Å². The molecule has 3 N–H and O–H groups in total. The zero-order valence-electron chi connectivity index (χ0n) is 7.63. The summed E-state index contributed by atoms with van der Waals surface area (Å²) in [5.74, 6) is 6.15. The van der Waals surface area contributed by atoms with Gasteiger partial charge in [0.1, 0.15) is 0 Å². The predicted octanol–water partition coefficient (Wildman–Crippen LogP) is 1.08. The Morgan fingerprint density at radius 2 is 2.46 bits per heavy atom. The van der Waals surface area contributed by atoms with Crippen molar-refractivity contribution in [2.45, 2.75) is 19.3 Å². The number of nitrogens with zero attached hydrogens (tertiary/aromatic N) is 1. The molecule has 0 spiro atoms. The average Bonchev–Trinajstić information content (AvgIpc) is 2.65. The second kappa shape index (κ2) is 3.47. The molecule has 4 heteroatoms. The molecule has 2 rings (SSSR count). The van der Waals surface area contributed by atoms with Gasteiger partial charge in [-0.15, -0.1) is 11.3 Å². The molecule has 0 atom stereocenters. The number of nitrogens with two attached hydrogens (primary N) is 1. The summed E-state index contributed by atoms with van der Waals surface area (Å²) >= 11 is 1.81. The van der Waals surface area contributed by atoms with E-state index in [4.69, 9.17) is 5.84 Å². The Morgan fingerprint density at radius 1 is 1.62 bits per heavy atom. The number of aryl methyl sites for hydroxylation is 2. The first-order valence-electron chi connectivity index (χ1n) is 4.40. The number of hydrogen-bond acceptors (Lipinski definition) is 3. The quantitative estimate of drug-likeness (QED) is 0.305. The molecule has 0 fully saturated rings. The molecular weight excluding hydrogens is 182 g/mol. The van der Waals surface area contributed by atoms with Crippen molar-refractivity contribution in [2.24, 2.45) is 10.8 Å². The molecule has 3 nitrogen and oxygen atoms in total. The summed E-state index contributed by atoms with van der Waals surface area (Å²) in [6.45, 7) is 0. The number of hydrazine groups is 1. The van der Waals surface area contributed by atoms with Gasteiger partial charge in [-0.05, 0) is 30.9 Å². The maximum Gasteiger partial charge on any atom is 0.152 e. The van der Waals surface area contributed by atoms with E-state index in [0.29, 0.717) is 0 Å². The van der Waals surface area contributed by atoms with Crippen molar-refractivity contribution >= 4 is 17.2 Å². The highest BCUT2D eigenvalue weighted by atomic mass is 32.1. The zero-order chi connectivity index (χ0) is 9.26. The van der Waals surface area contributed by atoms with Crippen LogP contribution in [0.3, 0.4) is 0 Å². The Labute approximate surface area is 81.6 Å². The first-order chi connectivity index (χ1) is 6.35. The van der Waals surface area contributed by atoms with Gasteiger partial charge in [0.25, 0.3) is 0 Å². The van der Waals surface area contributed by atoms with Gasteiger partial charge in [-0.2, -0.15) is 0 Å².